The summed E-state index contributed by atoms with van der Waals surface area (Å²) in [5.74, 6) is -1.28. The van der Waals surface area contributed by atoms with E-state index in [0.29, 0.717) is 23.4 Å². The molecule has 0 aliphatic carbocycles. The van der Waals surface area contributed by atoms with Gasteiger partial charge in [-0.05, 0) is 54.4 Å². The van der Waals surface area contributed by atoms with Crippen molar-refractivity contribution in [2.45, 2.75) is 29.2 Å². The van der Waals surface area contributed by atoms with Crippen LogP contribution in [0.1, 0.15) is 29.5 Å². The molecule has 0 fully saturated rings. The molecule has 3 aromatic rings. The molecule has 4 rings (SSSR count). The van der Waals surface area contributed by atoms with Crippen molar-refractivity contribution in [3.8, 4) is 0 Å². The standard InChI is InChI=1S/C26H25F4N5O4S2/c1-17(40(31,36)37)15-32-25(34-41(38,39)22-13-9-20(10-14-22)26(28,29)30)35-16-23(18-5-3-2-4-6-18)24(33-35)19-7-11-21(27)12-8-19/h2-14,17,23H,15-16H2,1H3,(H,32,34)(H2,31,36,37)/t17-,23+/m1/s1. The molecule has 0 radical (unpaired) electrons. The van der Waals surface area contributed by atoms with E-state index in [-0.39, 0.29) is 12.5 Å². The van der Waals surface area contributed by atoms with Gasteiger partial charge in [0.05, 0.1) is 34.5 Å². The minimum absolute atomic E-state index is 0.0504. The lowest BCUT2D eigenvalue weighted by Crippen LogP contribution is -2.42. The van der Waals surface area contributed by atoms with Crippen molar-refractivity contribution < 1.29 is 34.4 Å². The molecule has 15 heteroatoms. The second-order valence-corrected chi connectivity index (χ2v) is 12.9. The number of sulfonamides is 2. The lowest BCUT2D eigenvalue weighted by molar-refractivity contribution is -0.137. The normalized spacial score (nSPS) is 17.3. The topological polar surface area (TPSA) is 134 Å². The maximum atomic E-state index is 13.6. The van der Waals surface area contributed by atoms with E-state index < -0.39 is 60.2 Å². The zero-order valence-electron chi connectivity index (χ0n) is 21.5. The predicted molar refractivity (Wildman–Crippen MR) is 145 cm³/mol. The number of nitrogens with zero attached hydrogens (tertiary/aromatic N) is 3. The van der Waals surface area contributed by atoms with Crippen LogP contribution in [0.2, 0.25) is 0 Å². The molecular formula is C26H25F4N5O4S2. The average molecular weight is 612 g/mol. The third kappa shape index (κ3) is 7.28. The van der Waals surface area contributed by atoms with E-state index in [1.807, 2.05) is 18.2 Å². The first-order valence-electron chi connectivity index (χ1n) is 12.1. The summed E-state index contributed by atoms with van der Waals surface area (Å²) in [7, 11) is -8.53. The van der Waals surface area contributed by atoms with Crippen LogP contribution in [-0.4, -0.2) is 51.9 Å². The summed E-state index contributed by atoms with van der Waals surface area (Å²) in [5.41, 5.74) is 0.773. The number of aliphatic imine (C=N–C) groups is 1. The third-order valence-corrected chi connectivity index (χ3v) is 8.89. The minimum Gasteiger partial charge on any atom is -0.249 e. The summed E-state index contributed by atoms with van der Waals surface area (Å²) in [4.78, 5) is 3.67. The Balaban J connectivity index is 1.75. The molecule has 1 aliphatic rings. The molecule has 218 valence electrons. The van der Waals surface area contributed by atoms with Gasteiger partial charge in [-0.15, -0.1) is 0 Å². The van der Waals surface area contributed by atoms with Crippen LogP contribution < -0.4 is 9.86 Å². The first-order valence-corrected chi connectivity index (χ1v) is 15.2. The van der Waals surface area contributed by atoms with Crippen LogP contribution in [-0.2, 0) is 26.2 Å². The van der Waals surface area contributed by atoms with E-state index in [2.05, 4.69) is 14.8 Å². The molecule has 3 aromatic carbocycles. The summed E-state index contributed by atoms with van der Waals surface area (Å²) in [5, 5.41) is 9.77. The molecule has 0 saturated heterocycles. The largest absolute Gasteiger partial charge is 0.416 e. The Hall–Kier alpha value is -3.82. The highest BCUT2D eigenvalue weighted by molar-refractivity contribution is 7.90. The molecule has 1 aliphatic heterocycles. The number of halogens is 4. The molecule has 0 amide bonds. The third-order valence-electron chi connectivity index (χ3n) is 6.28. The maximum Gasteiger partial charge on any atom is 0.416 e. The number of alkyl halides is 3. The molecule has 41 heavy (non-hydrogen) atoms. The molecule has 0 aromatic heterocycles. The number of nitrogens with two attached hydrogens (primary N) is 1. The molecule has 0 unspecified atom stereocenters. The minimum atomic E-state index is -4.67. The Kier molecular flexibility index (Phi) is 8.52. The molecule has 0 bridgehead atoms. The van der Waals surface area contributed by atoms with Gasteiger partial charge in [0.25, 0.3) is 10.0 Å². The zero-order chi connectivity index (χ0) is 30.0. The molecule has 9 nitrogen and oxygen atoms in total. The number of hydrogen-bond donors (Lipinski definition) is 2. The monoisotopic (exact) mass is 611 g/mol. The lowest BCUT2D eigenvalue weighted by Gasteiger charge is -2.20. The Labute approximate surface area is 234 Å². The highest BCUT2D eigenvalue weighted by Gasteiger charge is 2.34. The maximum absolute atomic E-state index is 13.6. The fraction of sp³-hybridized carbons (Fsp3) is 0.231. The first kappa shape index (κ1) is 30.1. The van der Waals surface area contributed by atoms with Crippen LogP contribution >= 0.6 is 0 Å². The summed E-state index contributed by atoms with van der Waals surface area (Å²) in [6.45, 7) is 0.886. The van der Waals surface area contributed by atoms with Gasteiger partial charge < -0.3 is 0 Å². The fourth-order valence-electron chi connectivity index (χ4n) is 3.95. The zero-order valence-corrected chi connectivity index (χ0v) is 23.1. The lowest BCUT2D eigenvalue weighted by atomic mass is 9.91. The van der Waals surface area contributed by atoms with Gasteiger partial charge in [0.1, 0.15) is 5.82 Å². The second-order valence-electron chi connectivity index (χ2n) is 9.23. The van der Waals surface area contributed by atoms with E-state index in [1.165, 1.54) is 36.2 Å². The van der Waals surface area contributed by atoms with Crippen molar-refractivity contribution in [3.63, 3.8) is 0 Å². The average Bonchev–Trinajstić information content (AvgIpc) is 3.36. The SMILES string of the molecule is C[C@H](CN=C(NS(=O)(=O)c1ccc(C(F)(F)F)cc1)N1C[C@@H](c2ccccc2)C(c2ccc(F)cc2)=N1)S(N)(=O)=O. The van der Waals surface area contributed by atoms with Crippen molar-refractivity contribution in [1.29, 1.82) is 0 Å². The van der Waals surface area contributed by atoms with Gasteiger partial charge in [0.2, 0.25) is 16.0 Å². The van der Waals surface area contributed by atoms with Gasteiger partial charge in [0, 0.05) is 5.92 Å². The fourth-order valence-corrected chi connectivity index (χ4v) is 5.25. The number of nitrogens with one attached hydrogen (secondary N) is 1. The highest BCUT2D eigenvalue weighted by Crippen LogP contribution is 2.31. The number of rotatable bonds is 7. The van der Waals surface area contributed by atoms with E-state index in [0.717, 1.165) is 17.7 Å². The van der Waals surface area contributed by atoms with Crippen molar-refractivity contribution in [1.82, 2.24) is 9.73 Å². The van der Waals surface area contributed by atoms with Gasteiger partial charge in [-0.25, -0.2) is 41.1 Å². The second kappa shape index (κ2) is 11.6. The Morgan fingerprint density at radius 3 is 2.20 bits per heavy atom. The van der Waals surface area contributed by atoms with Gasteiger partial charge >= 0.3 is 6.18 Å². The predicted octanol–water partition coefficient (Wildman–Crippen LogP) is 3.66. The van der Waals surface area contributed by atoms with Crippen molar-refractivity contribution in [3.05, 3.63) is 101 Å². The highest BCUT2D eigenvalue weighted by atomic mass is 32.2. The molecule has 1 heterocycles. The molecule has 0 saturated carbocycles. The van der Waals surface area contributed by atoms with Crippen LogP contribution in [0.25, 0.3) is 0 Å². The van der Waals surface area contributed by atoms with Crippen LogP contribution in [0.5, 0.6) is 0 Å². The Bertz CT molecular complexity index is 1660. The summed E-state index contributed by atoms with van der Waals surface area (Å²) < 4.78 is 105. The Morgan fingerprint density at radius 2 is 1.63 bits per heavy atom. The van der Waals surface area contributed by atoms with Crippen molar-refractivity contribution in [2.24, 2.45) is 15.2 Å². The molecule has 0 spiro atoms. The summed E-state index contributed by atoms with van der Waals surface area (Å²) >= 11 is 0. The van der Waals surface area contributed by atoms with Crippen molar-refractivity contribution >= 4 is 31.7 Å². The number of primary sulfonamides is 1. The molecular weight excluding hydrogens is 586 g/mol. The van der Waals surface area contributed by atoms with Crippen LogP contribution in [0.3, 0.4) is 0 Å². The van der Waals surface area contributed by atoms with Gasteiger partial charge in [-0.1, -0.05) is 42.5 Å². The quantitative estimate of drug-likeness (QED) is 0.239. The molecule has 3 N–H and O–H groups in total. The van der Waals surface area contributed by atoms with Crippen LogP contribution in [0.4, 0.5) is 17.6 Å². The smallest absolute Gasteiger partial charge is 0.249 e. The van der Waals surface area contributed by atoms with Gasteiger partial charge in [0.15, 0.2) is 0 Å². The number of guanidine groups is 1. The van der Waals surface area contributed by atoms with E-state index in [9.17, 15) is 34.4 Å². The van der Waals surface area contributed by atoms with E-state index >= 15 is 0 Å². The van der Waals surface area contributed by atoms with E-state index in [1.54, 1.807) is 12.1 Å². The number of benzene rings is 3. The van der Waals surface area contributed by atoms with Gasteiger partial charge in [-0.2, -0.15) is 18.3 Å². The number of hydrogen-bond acceptors (Lipinski definition) is 6. The molecule has 2 atom stereocenters. The van der Waals surface area contributed by atoms with Crippen LogP contribution in [0.15, 0.2) is 93.9 Å². The first-order chi connectivity index (χ1) is 19.1. The summed E-state index contributed by atoms with van der Waals surface area (Å²) in [6, 6.07) is 17.4. The number of hydrazone groups is 1. The summed E-state index contributed by atoms with van der Waals surface area (Å²) in [6.07, 6.45) is -4.67. The van der Waals surface area contributed by atoms with Crippen LogP contribution in [0, 0.1) is 5.82 Å². The van der Waals surface area contributed by atoms with E-state index in [4.69, 9.17) is 5.14 Å². The Morgan fingerprint density at radius 1 is 1.02 bits per heavy atom. The van der Waals surface area contributed by atoms with Crippen molar-refractivity contribution in [2.75, 3.05) is 13.1 Å². The van der Waals surface area contributed by atoms with Gasteiger partial charge in [-0.3, -0.25) is 0 Å².